The van der Waals surface area contributed by atoms with E-state index in [-0.39, 0.29) is 5.56 Å². The van der Waals surface area contributed by atoms with E-state index in [1.807, 2.05) is 55.5 Å². The number of pyridine rings is 1. The molecule has 1 heterocycles. The van der Waals surface area contributed by atoms with Crippen LogP contribution in [0.2, 0.25) is 0 Å². The number of benzene rings is 2. The molecule has 0 atom stereocenters. The number of rotatable bonds is 1. The molecule has 3 aromatic rings. The highest BCUT2D eigenvalue weighted by Crippen LogP contribution is 2.24. The SMILES string of the molecule is Cc1ccc(Br)c(-n2c(N)cc3ccccc3c2=O)c1. The first-order valence-corrected chi connectivity index (χ1v) is 7.04. The van der Waals surface area contributed by atoms with Crippen LogP contribution in [0.15, 0.2) is 57.8 Å². The van der Waals surface area contributed by atoms with E-state index in [2.05, 4.69) is 15.9 Å². The Morgan fingerprint density at radius 1 is 1.10 bits per heavy atom. The second kappa shape index (κ2) is 4.80. The standard InChI is InChI=1S/C16H13BrN2O/c1-10-6-7-13(17)14(8-10)19-15(18)9-11-4-2-3-5-12(11)16(19)20/h2-9H,18H2,1H3. The largest absolute Gasteiger partial charge is 0.385 e. The van der Waals surface area contributed by atoms with Crippen LogP contribution in [0.4, 0.5) is 5.82 Å². The van der Waals surface area contributed by atoms with Crippen molar-refractivity contribution in [2.45, 2.75) is 6.92 Å². The first kappa shape index (κ1) is 12.9. The minimum atomic E-state index is -0.105. The van der Waals surface area contributed by atoms with E-state index in [1.165, 1.54) is 0 Å². The number of aromatic nitrogens is 1. The molecule has 0 bridgehead atoms. The van der Waals surface area contributed by atoms with Gasteiger partial charge in [-0.2, -0.15) is 0 Å². The summed E-state index contributed by atoms with van der Waals surface area (Å²) in [6.07, 6.45) is 0. The van der Waals surface area contributed by atoms with Crippen molar-refractivity contribution < 1.29 is 0 Å². The predicted octanol–water partition coefficient (Wildman–Crippen LogP) is 3.64. The van der Waals surface area contributed by atoms with Gasteiger partial charge in [-0.15, -0.1) is 0 Å². The van der Waals surface area contributed by atoms with Crippen LogP contribution in [0.25, 0.3) is 16.5 Å². The third-order valence-electron chi connectivity index (χ3n) is 3.30. The average Bonchev–Trinajstić information content (AvgIpc) is 2.42. The van der Waals surface area contributed by atoms with E-state index in [0.29, 0.717) is 11.2 Å². The highest BCUT2D eigenvalue weighted by Gasteiger charge is 2.11. The Hall–Kier alpha value is -2.07. The number of nitrogens with zero attached hydrogens (tertiary/aromatic N) is 1. The second-order valence-electron chi connectivity index (χ2n) is 4.75. The van der Waals surface area contributed by atoms with Crippen molar-refractivity contribution in [2.75, 3.05) is 5.73 Å². The third-order valence-corrected chi connectivity index (χ3v) is 3.97. The summed E-state index contributed by atoms with van der Waals surface area (Å²) in [6, 6.07) is 15.1. The fourth-order valence-corrected chi connectivity index (χ4v) is 2.75. The summed E-state index contributed by atoms with van der Waals surface area (Å²) in [5.74, 6) is 0.431. The first-order valence-electron chi connectivity index (χ1n) is 6.25. The van der Waals surface area contributed by atoms with Gasteiger partial charge >= 0.3 is 0 Å². The molecule has 0 fully saturated rings. The highest BCUT2D eigenvalue weighted by molar-refractivity contribution is 9.10. The van der Waals surface area contributed by atoms with Gasteiger partial charge in [-0.3, -0.25) is 9.36 Å². The van der Waals surface area contributed by atoms with Gasteiger partial charge in [0.1, 0.15) is 5.82 Å². The topological polar surface area (TPSA) is 48.0 Å². The van der Waals surface area contributed by atoms with E-state index >= 15 is 0 Å². The number of nitrogen functional groups attached to an aromatic ring is 1. The molecule has 0 aliphatic heterocycles. The summed E-state index contributed by atoms with van der Waals surface area (Å²) in [4.78, 5) is 12.7. The molecule has 0 saturated carbocycles. The second-order valence-corrected chi connectivity index (χ2v) is 5.61. The number of halogens is 1. The molecule has 0 unspecified atom stereocenters. The number of hydrogen-bond donors (Lipinski definition) is 1. The van der Waals surface area contributed by atoms with Crippen LogP contribution < -0.4 is 11.3 Å². The Balaban J connectivity index is 2.42. The van der Waals surface area contributed by atoms with E-state index in [0.717, 1.165) is 21.1 Å². The molecule has 2 N–H and O–H groups in total. The lowest BCUT2D eigenvalue weighted by atomic mass is 10.1. The molecule has 0 amide bonds. The van der Waals surface area contributed by atoms with Crippen molar-refractivity contribution in [2.24, 2.45) is 0 Å². The van der Waals surface area contributed by atoms with Crippen molar-refractivity contribution in [3.05, 3.63) is 68.9 Å². The molecule has 0 aliphatic rings. The Kier molecular flexibility index (Phi) is 3.10. The Labute approximate surface area is 124 Å². The zero-order valence-corrected chi connectivity index (χ0v) is 12.5. The van der Waals surface area contributed by atoms with E-state index in [9.17, 15) is 4.79 Å². The fourth-order valence-electron chi connectivity index (χ4n) is 2.32. The molecule has 4 heteroatoms. The molecule has 20 heavy (non-hydrogen) atoms. The maximum Gasteiger partial charge on any atom is 0.264 e. The van der Waals surface area contributed by atoms with Crippen molar-refractivity contribution in [1.29, 1.82) is 0 Å². The smallest absolute Gasteiger partial charge is 0.264 e. The van der Waals surface area contributed by atoms with Crippen LogP contribution in [0.3, 0.4) is 0 Å². The van der Waals surface area contributed by atoms with Gasteiger partial charge < -0.3 is 5.73 Å². The van der Waals surface area contributed by atoms with Gasteiger partial charge in [-0.1, -0.05) is 24.3 Å². The summed E-state index contributed by atoms with van der Waals surface area (Å²) in [5, 5.41) is 1.52. The normalized spacial score (nSPS) is 10.9. The molecule has 3 rings (SSSR count). The van der Waals surface area contributed by atoms with Crippen LogP contribution in [-0.4, -0.2) is 4.57 Å². The minimum absolute atomic E-state index is 0.105. The Morgan fingerprint density at radius 3 is 2.65 bits per heavy atom. The van der Waals surface area contributed by atoms with Gasteiger partial charge in [0.15, 0.2) is 0 Å². The zero-order chi connectivity index (χ0) is 14.3. The van der Waals surface area contributed by atoms with Crippen LogP contribution in [-0.2, 0) is 0 Å². The number of hydrogen-bond acceptors (Lipinski definition) is 2. The van der Waals surface area contributed by atoms with Crippen molar-refractivity contribution in [1.82, 2.24) is 4.57 Å². The number of nitrogens with two attached hydrogens (primary N) is 1. The molecule has 0 spiro atoms. The quantitative estimate of drug-likeness (QED) is 0.741. The Bertz CT molecular complexity index is 868. The fraction of sp³-hybridized carbons (Fsp3) is 0.0625. The van der Waals surface area contributed by atoms with Crippen molar-refractivity contribution in [3.8, 4) is 5.69 Å². The third kappa shape index (κ3) is 2.02. The zero-order valence-electron chi connectivity index (χ0n) is 10.9. The summed E-state index contributed by atoms with van der Waals surface area (Å²) >= 11 is 3.48. The van der Waals surface area contributed by atoms with Gasteiger partial charge in [-0.25, -0.2) is 0 Å². The molecule has 0 radical (unpaired) electrons. The number of anilines is 1. The van der Waals surface area contributed by atoms with Crippen LogP contribution >= 0.6 is 15.9 Å². The van der Waals surface area contributed by atoms with Crippen molar-refractivity contribution in [3.63, 3.8) is 0 Å². The van der Waals surface area contributed by atoms with E-state index in [1.54, 1.807) is 4.57 Å². The summed E-state index contributed by atoms with van der Waals surface area (Å²) in [5.41, 5.74) is 7.81. The van der Waals surface area contributed by atoms with Crippen LogP contribution in [0, 0.1) is 6.92 Å². The van der Waals surface area contributed by atoms with Gasteiger partial charge in [0.05, 0.1) is 5.69 Å². The first-order chi connectivity index (χ1) is 9.58. The van der Waals surface area contributed by atoms with E-state index in [4.69, 9.17) is 5.73 Å². The molecule has 0 aliphatic carbocycles. The number of fused-ring (bicyclic) bond motifs is 1. The highest BCUT2D eigenvalue weighted by atomic mass is 79.9. The minimum Gasteiger partial charge on any atom is -0.385 e. The predicted molar refractivity (Wildman–Crippen MR) is 86.4 cm³/mol. The van der Waals surface area contributed by atoms with Crippen LogP contribution in [0.5, 0.6) is 0 Å². The molecule has 3 nitrogen and oxygen atoms in total. The van der Waals surface area contributed by atoms with Gasteiger partial charge in [-0.05, 0) is 58.1 Å². The molecular weight excluding hydrogens is 316 g/mol. The molecule has 2 aromatic carbocycles. The lowest BCUT2D eigenvalue weighted by Crippen LogP contribution is -2.21. The lowest BCUT2D eigenvalue weighted by molar-refractivity contribution is 1.01. The molecular formula is C16H13BrN2O. The van der Waals surface area contributed by atoms with Gasteiger partial charge in [0, 0.05) is 9.86 Å². The van der Waals surface area contributed by atoms with Crippen molar-refractivity contribution >= 4 is 32.5 Å². The maximum absolute atomic E-state index is 12.7. The summed E-state index contributed by atoms with van der Waals surface area (Å²) < 4.78 is 2.38. The van der Waals surface area contributed by atoms with E-state index < -0.39 is 0 Å². The lowest BCUT2D eigenvalue weighted by Gasteiger charge is -2.13. The monoisotopic (exact) mass is 328 g/mol. The maximum atomic E-state index is 12.7. The molecule has 100 valence electrons. The summed E-state index contributed by atoms with van der Waals surface area (Å²) in [6.45, 7) is 1.98. The number of aryl methyl sites for hydroxylation is 1. The van der Waals surface area contributed by atoms with Crippen LogP contribution in [0.1, 0.15) is 5.56 Å². The van der Waals surface area contributed by atoms with Gasteiger partial charge in [0.2, 0.25) is 0 Å². The Morgan fingerprint density at radius 2 is 1.85 bits per heavy atom. The molecule has 0 saturated heterocycles. The molecule has 1 aromatic heterocycles. The summed E-state index contributed by atoms with van der Waals surface area (Å²) in [7, 11) is 0. The average molecular weight is 329 g/mol. The van der Waals surface area contributed by atoms with Gasteiger partial charge in [0.25, 0.3) is 5.56 Å².